The van der Waals surface area contributed by atoms with Gasteiger partial charge in [-0.15, -0.1) is 0 Å². The highest BCUT2D eigenvalue weighted by Crippen LogP contribution is 2.38. The van der Waals surface area contributed by atoms with Crippen LogP contribution in [-0.4, -0.2) is 38.9 Å². The molecule has 6 heteroatoms. The molecule has 0 spiro atoms. The second-order valence-corrected chi connectivity index (χ2v) is 6.91. The predicted molar refractivity (Wildman–Crippen MR) is 91.1 cm³/mol. The summed E-state index contributed by atoms with van der Waals surface area (Å²) >= 11 is 0. The van der Waals surface area contributed by atoms with Crippen molar-refractivity contribution >= 4 is 0 Å². The van der Waals surface area contributed by atoms with Crippen LogP contribution in [0, 0.1) is 5.92 Å². The Hall–Kier alpha value is -2.21. The molecule has 6 nitrogen and oxygen atoms in total. The highest BCUT2D eigenvalue weighted by Gasteiger charge is 2.29. The maximum absolute atomic E-state index is 12.0. The molecule has 1 aliphatic carbocycles. The molecule has 4 rings (SSSR count). The molecule has 0 amide bonds. The quantitative estimate of drug-likeness (QED) is 0.792. The number of likely N-dealkylation sites (tertiary alicyclic amines) is 1. The lowest BCUT2D eigenvalue weighted by Gasteiger charge is -2.39. The van der Waals surface area contributed by atoms with E-state index in [1.807, 2.05) is 18.3 Å². The average molecular weight is 326 g/mol. The summed E-state index contributed by atoms with van der Waals surface area (Å²) in [5.74, 6) is 1.04. The fraction of sp³-hybridized carbons (Fsp3) is 0.500. The molecule has 0 N–H and O–H groups in total. The molecule has 1 saturated carbocycles. The van der Waals surface area contributed by atoms with Gasteiger partial charge in [0.05, 0.1) is 12.2 Å². The third-order valence-corrected chi connectivity index (χ3v) is 4.90. The molecule has 1 saturated heterocycles. The SMILES string of the molecule is O=c1ccccn1CCN1CC(Cn2nc(C3CC3)ccc2=O)C1. The number of rotatable bonds is 6. The highest BCUT2D eigenvalue weighted by molar-refractivity contribution is 5.12. The van der Waals surface area contributed by atoms with Crippen LogP contribution in [0.1, 0.15) is 24.5 Å². The minimum Gasteiger partial charge on any atom is -0.314 e. The van der Waals surface area contributed by atoms with E-state index < -0.39 is 0 Å². The fourth-order valence-electron chi connectivity index (χ4n) is 3.31. The van der Waals surface area contributed by atoms with E-state index in [-0.39, 0.29) is 11.1 Å². The third-order valence-electron chi connectivity index (χ3n) is 4.90. The van der Waals surface area contributed by atoms with E-state index in [1.165, 1.54) is 12.8 Å². The molecule has 2 aromatic heterocycles. The predicted octanol–water partition coefficient (Wildman–Crippen LogP) is 0.914. The molecule has 2 fully saturated rings. The van der Waals surface area contributed by atoms with Crippen LogP contribution in [0.2, 0.25) is 0 Å². The average Bonchev–Trinajstić information content (AvgIpc) is 3.37. The minimum absolute atomic E-state index is 0.00584. The highest BCUT2D eigenvalue weighted by atomic mass is 16.1. The van der Waals surface area contributed by atoms with Crippen LogP contribution < -0.4 is 11.1 Å². The van der Waals surface area contributed by atoms with Crippen molar-refractivity contribution < 1.29 is 0 Å². The van der Waals surface area contributed by atoms with Crippen molar-refractivity contribution in [2.75, 3.05) is 19.6 Å². The standard InChI is InChI=1S/C18H22N4O2/c23-17-3-1-2-8-21(17)10-9-20-11-14(12-20)13-22-18(24)7-6-16(19-22)15-4-5-15/h1-3,6-8,14-15H,4-5,9-13H2. The van der Waals surface area contributed by atoms with Gasteiger partial charge in [-0.25, -0.2) is 4.68 Å². The molecule has 0 unspecified atom stereocenters. The Morgan fingerprint density at radius 1 is 1.00 bits per heavy atom. The lowest BCUT2D eigenvalue weighted by Crippen LogP contribution is -2.50. The number of nitrogens with zero attached hydrogens (tertiary/aromatic N) is 4. The molecule has 0 radical (unpaired) electrons. The number of hydrogen-bond acceptors (Lipinski definition) is 4. The van der Waals surface area contributed by atoms with Gasteiger partial charge in [-0.3, -0.25) is 9.59 Å². The van der Waals surface area contributed by atoms with Gasteiger partial charge in [-0.1, -0.05) is 6.07 Å². The van der Waals surface area contributed by atoms with Gasteiger partial charge in [-0.2, -0.15) is 5.10 Å². The van der Waals surface area contributed by atoms with Crippen LogP contribution in [0.4, 0.5) is 0 Å². The first-order valence-corrected chi connectivity index (χ1v) is 8.65. The summed E-state index contributed by atoms with van der Waals surface area (Å²) in [6, 6.07) is 8.76. The van der Waals surface area contributed by atoms with Crippen LogP contribution in [0.25, 0.3) is 0 Å². The summed E-state index contributed by atoms with van der Waals surface area (Å²) in [5, 5.41) is 4.53. The molecule has 0 aromatic carbocycles. The van der Waals surface area contributed by atoms with Crippen molar-refractivity contribution in [1.29, 1.82) is 0 Å². The summed E-state index contributed by atoms with van der Waals surface area (Å²) in [6.45, 7) is 4.19. The molecule has 1 aliphatic heterocycles. The smallest absolute Gasteiger partial charge is 0.266 e. The Labute approximate surface area is 140 Å². The molecular formula is C18H22N4O2. The summed E-state index contributed by atoms with van der Waals surface area (Å²) in [4.78, 5) is 26.0. The van der Waals surface area contributed by atoms with Gasteiger partial charge in [0.2, 0.25) is 0 Å². The summed E-state index contributed by atoms with van der Waals surface area (Å²) in [6.07, 6.45) is 4.22. The van der Waals surface area contributed by atoms with Gasteiger partial charge in [0.1, 0.15) is 0 Å². The molecule has 0 atom stereocenters. The first-order chi connectivity index (χ1) is 11.7. The first-order valence-electron chi connectivity index (χ1n) is 8.65. The van der Waals surface area contributed by atoms with E-state index in [2.05, 4.69) is 10.00 Å². The van der Waals surface area contributed by atoms with E-state index >= 15 is 0 Å². The van der Waals surface area contributed by atoms with E-state index in [0.29, 0.717) is 24.9 Å². The zero-order valence-corrected chi connectivity index (χ0v) is 13.7. The molecule has 24 heavy (non-hydrogen) atoms. The van der Waals surface area contributed by atoms with Crippen molar-refractivity contribution in [3.8, 4) is 0 Å². The van der Waals surface area contributed by atoms with Crippen LogP contribution >= 0.6 is 0 Å². The Bertz CT molecular complexity index is 831. The number of aromatic nitrogens is 3. The second kappa shape index (κ2) is 6.36. The monoisotopic (exact) mass is 326 g/mol. The molecular weight excluding hydrogens is 304 g/mol. The molecule has 3 heterocycles. The lowest BCUT2D eigenvalue weighted by atomic mass is 10.0. The van der Waals surface area contributed by atoms with Crippen LogP contribution in [0.15, 0.2) is 46.1 Å². The van der Waals surface area contributed by atoms with Crippen molar-refractivity contribution in [2.45, 2.75) is 31.8 Å². The third kappa shape index (κ3) is 3.33. The van der Waals surface area contributed by atoms with Crippen LogP contribution in [0.5, 0.6) is 0 Å². The zero-order chi connectivity index (χ0) is 16.5. The van der Waals surface area contributed by atoms with Crippen molar-refractivity contribution in [1.82, 2.24) is 19.2 Å². The Morgan fingerprint density at radius 3 is 2.58 bits per heavy atom. The maximum Gasteiger partial charge on any atom is 0.266 e. The normalized spacial score (nSPS) is 18.5. The number of hydrogen-bond donors (Lipinski definition) is 0. The van der Waals surface area contributed by atoms with Crippen molar-refractivity contribution in [3.05, 3.63) is 62.9 Å². The Balaban J connectivity index is 1.29. The van der Waals surface area contributed by atoms with Gasteiger partial charge in [-0.05, 0) is 25.0 Å². The van der Waals surface area contributed by atoms with E-state index in [0.717, 1.165) is 25.3 Å². The van der Waals surface area contributed by atoms with Gasteiger partial charge < -0.3 is 9.47 Å². The second-order valence-electron chi connectivity index (χ2n) is 6.91. The Kier molecular flexibility index (Phi) is 4.06. The Morgan fingerprint density at radius 2 is 1.83 bits per heavy atom. The molecule has 2 aromatic rings. The lowest BCUT2D eigenvalue weighted by molar-refractivity contribution is 0.0801. The van der Waals surface area contributed by atoms with Gasteiger partial charge in [0.15, 0.2) is 0 Å². The van der Waals surface area contributed by atoms with Gasteiger partial charge in [0.25, 0.3) is 11.1 Å². The first kappa shape index (κ1) is 15.3. The summed E-state index contributed by atoms with van der Waals surface area (Å²) in [5.41, 5.74) is 1.10. The fourth-order valence-corrected chi connectivity index (χ4v) is 3.31. The van der Waals surface area contributed by atoms with E-state index in [4.69, 9.17) is 0 Å². The van der Waals surface area contributed by atoms with Crippen LogP contribution in [0.3, 0.4) is 0 Å². The van der Waals surface area contributed by atoms with Crippen molar-refractivity contribution in [2.24, 2.45) is 5.92 Å². The minimum atomic E-state index is -0.00584. The van der Waals surface area contributed by atoms with Gasteiger partial charge >= 0.3 is 0 Å². The summed E-state index contributed by atoms with van der Waals surface area (Å²) in [7, 11) is 0. The zero-order valence-electron chi connectivity index (χ0n) is 13.7. The molecule has 0 bridgehead atoms. The number of pyridine rings is 1. The van der Waals surface area contributed by atoms with Crippen molar-refractivity contribution in [3.63, 3.8) is 0 Å². The topological polar surface area (TPSA) is 60.1 Å². The van der Waals surface area contributed by atoms with Gasteiger partial charge in [0, 0.05) is 56.3 Å². The molecule has 126 valence electrons. The summed E-state index contributed by atoms with van der Waals surface area (Å²) < 4.78 is 3.37. The van der Waals surface area contributed by atoms with E-state index in [1.54, 1.807) is 27.4 Å². The maximum atomic E-state index is 12.0. The van der Waals surface area contributed by atoms with E-state index in [9.17, 15) is 9.59 Å². The largest absolute Gasteiger partial charge is 0.314 e. The molecule has 2 aliphatic rings. The van der Waals surface area contributed by atoms with Crippen LogP contribution in [-0.2, 0) is 13.1 Å².